The van der Waals surface area contributed by atoms with Crippen molar-refractivity contribution in [3.8, 4) is 0 Å². The van der Waals surface area contributed by atoms with E-state index in [1.807, 2.05) is 12.1 Å². The molecule has 1 heterocycles. The van der Waals surface area contributed by atoms with Gasteiger partial charge in [0, 0.05) is 42.8 Å². The van der Waals surface area contributed by atoms with Crippen molar-refractivity contribution in [3.63, 3.8) is 0 Å². The summed E-state index contributed by atoms with van der Waals surface area (Å²) in [5.41, 5.74) is 1.05. The van der Waals surface area contributed by atoms with Crippen LogP contribution in [0.1, 0.15) is 15.9 Å². The smallest absolute Gasteiger partial charge is 0.338 e. The van der Waals surface area contributed by atoms with Gasteiger partial charge in [0.05, 0.1) is 5.56 Å². The van der Waals surface area contributed by atoms with Gasteiger partial charge in [0.2, 0.25) is 0 Å². The molecule has 2 aromatic rings. The quantitative estimate of drug-likeness (QED) is 0.678. The summed E-state index contributed by atoms with van der Waals surface area (Å²) < 4.78 is 19.6. The van der Waals surface area contributed by atoms with Crippen LogP contribution in [-0.4, -0.2) is 54.5 Å². The Bertz CT molecular complexity index is 822. The molecule has 0 N–H and O–H groups in total. The summed E-state index contributed by atoms with van der Waals surface area (Å²) in [5.74, 6) is -0.956. The zero-order chi connectivity index (χ0) is 19.2. The van der Waals surface area contributed by atoms with Crippen molar-refractivity contribution in [1.29, 1.82) is 0 Å². The minimum Gasteiger partial charge on any atom is -0.452 e. The molecule has 0 bridgehead atoms. The standard InChI is InChI=1S/C20H20BrFN2O3/c21-17-6-3-5-15(12-17)20(26)27-14-19(25)24-10-8-23(9-11-24)13-16-4-1-2-7-18(16)22/h1-7,12H,8-11,13-14H2. The van der Waals surface area contributed by atoms with Gasteiger partial charge in [-0.1, -0.05) is 40.2 Å². The number of carbonyl (C=O) groups excluding carboxylic acids is 2. The highest BCUT2D eigenvalue weighted by Gasteiger charge is 2.22. The van der Waals surface area contributed by atoms with E-state index in [1.54, 1.807) is 35.2 Å². The number of hydrogen-bond donors (Lipinski definition) is 0. The van der Waals surface area contributed by atoms with Crippen LogP contribution < -0.4 is 0 Å². The molecule has 0 aromatic heterocycles. The molecule has 1 aliphatic rings. The Hall–Kier alpha value is -2.25. The number of esters is 1. The van der Waals surface area contributed by atoms with E-state index in [0.717, 1.165) is 4.47 Å². The van der Waals surface area contributed by atoms with Crippen molar-refractivity contribution in [2.75, 3.05) is 32.8 Å². The summed E-state index contributed by atoms with van der Waals surface area (Å²) in [4.78, 5) is 28.1. The van der Waals surface area contributed by atoms with Gasteiger partial charge in [0.15, 0.2) is 6.61 Å². The lowest BCUT2D eigenvalue weighted by atomic mass is 10.2. The van der Waals surface area contributed by atoms with Crippen LogP contribution in [0.4, 0.5) is 4.39 Å². The van der Waals surface area contributed by atoms with Crippen molar-refractivity contribution in [1.82, 2.24) is 9.80 Å². The van der Waals surface area contributed by atoms with E-state index in [0.29, 0.717) is 43.9 Å². The highest BCUT2D eigenvalue weighted by atomic mass is 79.9. The molecule has 1 amide bonds. The molecule has 0 saturated carbocycles. The Morgan fingerprint density at radius 2 is 1.78 bits per heavy atom. The molecule has 0 atom stereocenters. The van der Waals surface area contributed by atoms with Crippen molar-refractivity contribution < 1.29 is 18.7 Å². The fraction of sp³-hybridized carbons (Fsp3) is 0.300. The fourth-order valence-corrected chi connectivity index (χ4v) is 3.34. The second kappa shape index (κ2) is 9.10. The van der Waals surface area contributed by atoms with Gasteiger partial charge in [-0.3, -0.25) is 9.69 Å². The van der Waals surface area contributed by atoms with E-state index < -0.39 is 5.97 Å². The van der Waals surface area contributed by atoms with Crippen LogP contribution in [0, 0.1) is 5.82 Å². The zero-order valence-electron chi connectivity index (χ0n) is 14.7. The number of halogens is 2. The first kappa shape index (κ1) is 19.5. The molecular weight excluding hydrogens is 415 g/mol. The van der Waals surface area contributed by atoms with Crippen LogP contribution in [0.15, 0.2) is 53.0 Å². The van der Waals surface area contributed by atoms with Gasteiger partial charge in [-0.15, -0.1) is 0 Å². The number of carbonyl (C=O) groups is 2. The first-order valence-electron chi connectivity index (χ1n) is 8.69. The Morgan fingerprint density at radius 3 is 2.48 bits per heavy atom. The van der Waals surface area contributed by atoms with Gasteiger partial charge >= 0.3 is 5.97 Å². The Kier molecular flexibility index (Phi) is 6.58. The summed E-state index contributed by atoms with van der Waals surface area (Å²) in [6.45, 7) is 2.61. The van der Waals surface area contributed by atoms with E-state index in [9.17, 15) is 14.0 Å². The van der Waals surface area contributed by atoms with Gasteiger partial charge in [0.1, 0.15) is 5.82 Å². The third-order valence-corrected chi connectivity index (χ3v) is 4.96. The molecule has 1 fully saturated rings. The number of nitrogens with zero attached hydrogens (tertiary/aromatic N) is 2. The average Bonchev–Trinajstić information content (AvgIpc) is 2.68. The van der Waals surface area contributed by atoms with Crippen LogP contribution in [0.25, 0.3) is 0 Å². The molecule has 1 saturated heterocycles. The van der Waals surface area contributed by atoms with Crippen LogP contribution >= 0.6 is 15.9 Å². The van der Waals surface area contributed by atoms with Gasteiger partial charge < -0.3 is 9.64 Å². The lowest BCUT2D eigenvalue weighted by Crippen LogP contribution is -2.49. The molecule has 1 aliphatic heterocycles. The Balaban J connectivity index is 1.44. The SMILES string of the molecule is O=C(OCC(=O)N1CCN(Cc2ccccc2F)CC1)c1cccc(Br)c1. The van der Waals surface area contributed by atoms with E-state index in [4.69, 9.17) is 4.74 Å². The maximum absolute atomic E-state index is 13.7. The largest absolute Gasteiger partial charge is 0.452 e. The number of rotatable bonds is 5. The predicted octanol–water partition coefficient (Wildman–Crippen LogP) is 3.09. The van der Waals surface area contributed by atoms with E-state index in [1.165, 1.54) is 6.07 Å². The number of hydrogen-bond acceptors (Lipinski definition) is 4. The number of piperazine rings is 1. The third kappa shape index (κ3) is 5.37. The van der Waals surface area contributed by atoms with Crippen molar-refractivity contribution in [3.05, 3.63) is 69.9 Å². The highest BCUT2D eigenvalue weighted by Crippen LogP contribution is 2.14. The van der Waals surface area contributed by atoms with Crippen molar-refractivity contribution >= 4 is 27.8 Å². The van der Waals surface area contributed by atoms with Gasteiger partial charge in [0.25, 0.3) is 5.91 Å². The lowest BCUT2D eigenvalue weighted by molar-refractivity contribution is -0.136. The summed E-state index contributed by atoms with van der Waals surface area (Å²) in [6.07, 6.45) is 0. The average molecular weight is 435 g/mol. The summed E-state index contributed by atoms with van der Waals surface area (Å²) in [7, 11) is 0. The molecule has 3 rings (SSSR count). The number of ether oxygens (including phenoxy) is 1. The normalized spacial score (nSPS) is 14.8. The molecule has 142 valence electrons. The third-order valence-electron chi connectivity index (χ3n) is 4.46. The maximum Gasteiger partial charge on any atom is 0.338 e. The zero-order valence-corrected chi connectivity index (χ0v) is 16.3. The van der Waals surface area contributed by atoms with Gasteiger partial charge in [-0.25, -0.2) is 9.18 Å². The molecule has 0 spiro atoms. The van der Waals surface area contributed by atoms with Crippen LogP contribution in [0.3, 0.4) is 0 Å². The Labute approximate surface area is 165 Å². The van der Waals surface area contributed by atoms with Crippen molar-refractivity contribution in [2.24, 2.45) is 0 Å². The van der Waals surface area contributed by atoms with Crippen LogP contribution in [0.2, 0.25) is 0 Å². The molecule has 5 nitrogen and oxygen atoms in total. The second-order valence-corrected chi connectivity index (χ2v) is 7.25. The Morgan fingerprint density at radius 1 is 1.04 bits per heavy atom. The fourth-order valence-electron chi connectivity index (χ4n) is 2.94. The highest BCUT2D eigenvalue weighted by molar-refractivity contribution is 9.10. The van der Waals surface area contributed by atoms with Crippen LogP contribution in [-0.2, 0) is 16.1 Å². The van der Waals surface area contributed by atoms with E-state index >= 15 is 0 Å². The molecule has 7 heteroatoms. The first-order valence-corrected chi connectivity index (χ1v) is 9.48. The molecule has 0 radical (unpaired) electrons. The van der Waals surface area contributed by atoms with Gasteiger partial charge in [-0.05, 0) is 24.3 Å². The van der Waals surface area contributed by atoms with Gasteiger partial charge in [-0.2, -0.15) is 0 Å². The molecule has 27 heavy (non-hydrogen) atoms. The lowest BCUT2D eigenvalue weighted by Gasteiger charge is -2.34. The molecule has 2 aromatic carbocycles. The molecule has 0 aliphatic carbocycles. The minimum atomic E-state index is -0.525. The maximum atomic E-state index is 13.7. The van der Waals surface area contributed by atoms with Crippen molar-refractivity contribution in [2.45, 2.75) is 6.54 Å². The van der Waals surface area contributed by atoms with Crippen LogP contribution in [0.5, 0.6) is 0 Å². The number of benzene rings is 2. The second-order valence-electron chi connectivity index (χ2n) is 6.33. The summed E-state index contributed by atoms with van der Waals surface area (Å²) in [5, 5.41) is 0. The van der Waals surface area contributed by atoms with E-state index in [-0.39, 0.29) is 18.3 Å². The monoisotopic (exact) mass is 434 g/mol. The topological polar surface area (TPSA) is 49.9 Å². The molecule has 0 unspecified atom stereocenters. The predicted molar refractivity (Wildman–Crippen MR) is 103 cm³/mol. The minimum absolute atomic E-state index is 0.213. The van der Waals surface area contributed by atoms with E-state index in [2.05, 4.69) is 20.8 Å². The summed E-state index contributed by atoms with van der Waals surface area (Å²) >= 11 is 3.30. The summed E-state index contributed by atoms with van der Waals surface area (Å²) in [6, 6.07) is 13.5. The first-order chi connectivity index (χ1) is 13.0. The molecular formula is C20H20BrFN2O3. The number of amides is 1.